The molecule has 1 aliphatic heterocycles. The predicted molar refractivity (Wildman–Crippen MR) is 119 cm³/mol. The van der Waals surface area contributed by atoms with Gasteiger partial charge < -0.3 is 10.2 Å². The lowest BCUT2D eigenvalue weighted by Crippen LogP contribution is -2.49. The maximum atomic E-state index is 12.7. The molecule has 0 saturated carbocycles. The molecule has 1 N–H and O–H groups in total. The van der Waals surface area contributed by atoms with Gasteiger partial charge in [-0.15, -0.1) is 0 Å². The number of alkyl halides is 2. The van der Waals surface area contributed by atoms with Gasteiger partial charge in [0.2, 0.25) is 10.0 Å². The number of thioether (sulfide) groups is 1. The highest BCUT2D eigenvalue weighted by atomic mass is 32.2. The van der Waals surface area contributed by atoms with Gasteiger partial charge in [-0.2, -0.15) is 13.1 Å². The average Bonchev–Trinajstić information content (AvgIpc) is 2.77. The highest BCUT2D eigenvalue weighted by Gasteiger charge is 2.26. The average molecular weight is 470 g/mol. The fourth-order valence-corrected chi connectivity index (χ4v) is 5.52. The summed E-state index contributed by atoms with van der Waals surface area (Å²) in [6, 6.07) is 16.0. The SMILES string of the molecule is O=C(NCCCS(=O)(=O)N1CCN(c2ccccc2)CC1)c1ccccc1SC(F)F. The summed E-state index contributed by atoms with van der Waals surface area (Å²) >= 11 is 0.313. The number of anilines is 1. The summed E-state index contributed by atoms with van der Waals surface area (Å²) in [6.07, 6.45) is 0.247. The van der Waals surface area contributed by atoms with Crippen molar-refractivity contribution in [2.75, 3.05) is 43.4 Å². The third-order valence-corrected chi connectivity index (χ3v) is 7.71. The topological polar surface area (TPSA) is 69.7 Å². The molecule has 31 heavy (non-hydrogen) atoms. The van der Waals surface area contributed by atoms with Gasteiger partial charge in [0.1, 0.15) is 0 Å². The van der Waals surface area contributed by atoms with Crippen molar-refractivity contribution in [3.05, 3.63) is 60.2 Å². The number of sulfonamides is 1. The van der Waals surface area contributed by atoms with Crippen LogP contribution in [0.2, 0.25) is 0 Å². The van der Waals surface area contributed by atoms with Crippen LogP contribution in [-0.4, -0.2) is 62.9 Å². The molecule has 1 amide bonds. The smallest absolute Gasteiger partial charge is 0.288 e. The second-order valence-electron chi connectivity index (χ2n) is 7.02. The van der Waals surface area contributed by atoms with Gasteiger partial charge in [0.15, 0.2) is 0 Å². The molecule has 0 radical (unpaired) electrons. The van der Waals surface area contributed by atoms with Crippen LogP contribution in [0.1, 0.15) is 16.8 Å². The van der Waals surface area contributed by atoms with Crippen LogP contribution < -0.4 is 10.2 Å². The number of nitrogens with zero attached hydrogens (tertiary/aromatic N) is 2. The van der Waals surface area contributed by atoms with Crippen LogP contribution >= 0.6 is 11.8 Å². The van der Waals surface area contributed by atoms with E-state index in [0.29, 0.717) is 37.9 Å². The molecule has 0 atom stereocenters. The van der Waals surface area contributed by atoms with Crippen LogP contribution in [0.25, 0.3) is 0 Å². The molecule has 3 rings (SSSR count). The highest BCUT2D eigenvalue weighted by Crippen LogP contribution is 2.28. The van der Waals surface area contributed by atoms with Gasteiger partial charge in [-0.1, -0.05) is 42.1 Å². The van der Waals surface area contributed by atoms with E-state index in [0.717, 1.165) is 5.69 Å². The minimum atomic E-state index is -3.42. The van der Waals surface area contributed by atoms with Crippen LogP contribution in [0.15, 0.2) is 59.5 Å². The van der Waals surface area contributed by atoms with Gasteiger partial charge in [0, 0.05) is 43.3 Å². The van der Waals surface area contributed by atoms with Crippen LogP contribution in [0.4, 0.5) is 14.5 Å². The molecule has 2 aromatic carbocycles. The van der Waals surface area contributed by atoms with E-state index in [1.165, 1.54) is 16.4 Å². The van der Waals surface area contributed by atoms with Crippen LogP contribution in [0.3, 0.4) is 0 Å². The van der Waals surface area contributed by atoms with Crippen molar-refractivity contribution in [3.63, 3.8) is 0 Å². The normalized spacial score (nSPS) is 15.3. The standard InChI is InChI=1S/C21H25F2N3O3S2/c22-21(23)30-19-10-5-4-9-18(19)20(27)24-11-6-16-31(28,29)26-14-12-25(13-15-26)17-7-2-1-3-8-17/h1-5,7-10,21H,6,11-16H2,(H,24,27). The van der Waals surface area contributed by atoms with Gasteiger partial charge in [0.05, 0.1) is 11.3 Å². The van der Waals surface area contributed by atoms with Crippen molar-refractivity contribution in [3.8, 4) is 0 Å². The van der Waals surface area contributed by atoms with Crippen LogP contribution in [0, 0.1) is 0 Å². The van der Waals surface area contributed by atoms with Crippen LogP contribution in [0.5, 0.6) is 0 Å². The molecule has 6 nitrogen and oxygen atoms in total. The Balaban J connectivity index is 1.45. The molecule has 0 aromatic heterocycles. The Morgan fingerprint density at radius 2 is 1.65 bits per heavy atom. The summed E-state index contributed by atoms with van der Waals surface area (Å²) in [5.41, 5.74) is 1.24. The summed E-state index contributed by atoms with van der Waals surface area (Å²) in [5.74, 6) is -3.19. The molecule has 10 heteroatoms. The summed E-state index contributed by atoms with van der Waals surface area (Å²) in [7, 11) is -3.42. The summed E-state index contributed by atoms with van der Waals surface area (Å²) in [4.78, 5) is 14.7. The molecule has 1 fully saturated rings. The Morgan fingerprint density at radius 3 is 2.32 bits per heavy atom. The first-order valence-electron chi connectivity index (χ1n) is 9.97. The number of rotatable bonds is 9. The maximum absolute atomic E-state index is 12.7. The number of hydrogen-bond donors (Lipinski definition) is 1. The third kappa shape index (κ3) is 6.65. The zero-order chi connectivity index (χ0) is 22.3. The molecule has 168 valence electrons. The first kappa shape index (κ1) is 23.5. The van der Waals surface area contributed by atoms with Gasteiger partial charge in [0.25, 0.3) is 11.7 Å². The van der Waals surface area contributed by atoms with Crippen molar-refractivity contribution >= 4 is 33.4 Å². The zero-order valence-corrected chi connectivity index (χ0v) is 18.5. The first-order chi connectivity index (χ1) is 14.9. The molecule has 1 heterocycles. The van der Waals surface area contributed by atoms with Crippen molar-refractivity contribution in [1.82, 2.24) is 9.62 Å². The van der Waals surface area contributed by atoms with E-state index in [2.05, 4.69) is 10.2 Å². The molecular weight excluding hydrogens is 444 g/mol. The number of carbonyl (C=O) groups excluding carboxylic acids is 1. The lowest BCUT2D eigenvalue weighted by atomic mass is 10.2. The zero-order valence-electron chi connectivity index (χ0n) is 16.9. The molecule has 1 saturated heterocycles. The Morgan fingerprint density at radius 1 is 1.00 bits per heavy atom. The number of amides is 1. The number of nitrogens with one attached hydrogen (secondary N) is 1. The fraction of sp³-hybridized carbons (Fsp3) is 0.381. The number of piperazine rings is 1. The highest BCUT2D eigenvalue weighted by molar-refractivity contribution is 7.99. The largest absolute Gasteiger partial charge is 0.369 e. The number of para-hydroxylation sites is 1. The summed E-state index contributed by atoms with van der Waals surface area (Å²) in [5, 5.41) is 2.63. The van der Waals surface area contributed by atoms with E-state index in [1.807, 2.05) is 30.3 Å². The molecule has 0 unspecified atom stereocenters. The lowest BCUT2D eigenvalue weighted by Gasteiger charge is -2.35. The van der Waals surface area contributed by atoms with Crippen molar-refractivity contribution in [2.24, 2.45) is 0 Å². The van der Waals surface area contributed by atoms with Crippen molar-refractivity contribution in [2.45, 2.75) is 17.1 Å². The predicted octanol–water partition coefficient (Wildman–Crippen LogP) is 3.27. The maximum Gasteiger partial charge on any atom is 0.288 e. The van der Waals surface area contributed by atoms with Gasteiger partial charge in [-0.05, 0) is 30.7 Å². The monoisotopic (exact) mass is 469 g/mol. The number of carbonyl (C=O) groups is 1. The minimum absolute atomic E-state index is 0.0773. The molecule has 0 spiro atoms. The molecule has 0 aliphatic carbocycles. The van der Waals surface area contributed by atoms with E-state index in [-0.39, 0.29) is 29.2 Å². The Kier molecular flexibility index (Phi) is 8.28. The minimum Gasteiger partial charge on any atom is -0.369 e. The number of hydrogen-bond acceptors (Lipinski definition) is 5. The van der Waals surface area contributed by atoms with Gasteiger partial charge in [-0.3, -0.25) is 4.79 Å². The molecule has 0 bridgehead atoms. The van der Waals surface area contributed by atoms with Crippen molar-refractivity contribution in [1.29, 1.82) is 0 Å². The quantitative estimate of drug-likeness (QED) is 0.451. The van der Waals surface area contributed by atoms with Gasteiger partial charge >= 0.3 is 0 Å². The van der Waals surface area contributed by atoms with Gasteiger partial charge in [-0.25, -0.2) is 8.42 Å². The van der Waals surface area contributed by atoms with E-state index >= 15 is 0 Å². The summed E-state index contributed by atoms with van der Waals surface area (Å²) in [6.45, 7) is 2.23. The summed E-state index contributed by atoms with van der Waals surface area (Å²) < 4.78 is 52.1. The van der Waals surface area contributed by atoms with Crippen LogP contribution in [-0.2, 0) is 10.0 Å². The first-order valence-corrected chi connectivity index (χ1v) is 12.5. The molecular formula is C21H25F2N3O3S2. The second kappa shape index (κ2) is 10.9. The van der Waals surface area contributed by atoms with E-state index in [4.69, 9.17) is 0 Å². The Hall–Kier alpha value is -2.17. The Labute approximate surface area is 185 Å². The Bertz CT molecular complexity index is 967. The van der Waals surface area contributed by atoms with E-state index < -0.39 is 21.7 Å². The third-order valence-electron chi connectivity index (χ3n) is 4.97. The van der Waals surface area contributed by atoms with E-state index in [9.17, 15) is 22.0 Å². The molecule has 2 aromatic rings. The number of benzene rings is 2. The fourth-order valence-electron chi connectivity index (χ4n) is 3.40. The number of halogens is 2. The van der Waals surface area contributed by atoms with Crippen molar-refractivity contribution < 1.29 is 22.0 Å². The lowest BCUT2D eigenvalue weighted by molar-refractivity contribution is 0.0950. The van der Waals surface area contributed by atoms with E-state index in [1.54, 1.807) is 12.1 Å². The molecule has 1 aliphatic rings. The second-order valence-corrected chi connectivity index (χ2v) is 10.1.